The van der Waals surface area contributed by atoms with Crippen LogP contribution in [0.5, 0.6) is 5.75 Å². The van der Waals surface area contributed by atoms with Gasteiger partial charge in [-0.15, -0.1) is 0 Å². The lowest BCUT2D eigenvalue weighted by molar-refractivity contribution is -0.121. The highest BCUT2D eigenvalue weighted by Crippen LogP contribution is 2.38. The number of benzene rings is 2. The molecule has 1 aliphatic rings. The monoisotopic (exact) mass is 450 g/mol. The molecule has 0 bridgehead atoms. The molecule has 2 aromatic carbocycles. The van der Waals surface area contributed by atoms with Gasteiger partial charge in [0.15, 0.2) is 5.17 Å². The van der Waals surface area contributed by atoms with Gasteiger partial charge in [0.1, 0.15) is 5.75 Å². The number of thioether (sulfide) groups is 1. The number of ether oxygens (including phenoxy) is 1. The van der Waals surface area contributed by atoms with Gasteiger partial charge in [0.25, 0.3) is 5.91 Å². The van der Waals surface area contributed by atoms with Gasteiger partial charge in [-0.05, 0) is 61.2 Å². The average molecular weight is 451 g/mol. The Morgan fingerprint density at radius 3 is 2.59 bits per heavy atom. The van der Waals surface area contributed by atoms with E-state index in [1.165, 1.54) is 28.8 Å². The van der Waals surface area contributed by atoms with Gasteiger partial charge in [-0.2, -0.15) is 0 Å². The summed E-state index contributed by atoms with van der Waals surface area (Å²) in [5.74, 6) is -0.784. The van der Waals surface area contributed by atoms with Crippen LogP contribution in [-0.4, -0.2) is 40.7 Å². The standard InChI is InChI=1S/C20H16Cl2N2O4S/c1-3-28-17-12(8-13(21)10-15(17)22)9-16-18(25)24(2)20(29-16)23-14-6-4-11(5-7-14)19(26)27/h4-10H,3H2,1-2H3,(H,26,27)/b16-9-,23-20?. The first kappa shape index (κ1) is 21.2. The van der Waals surface area contributed by atoms with Gasteiger partial charge in [0.05, 0.1) is 27.8 Å². The maximum Gasteiger partial charge on any atom is 0.335 e. The predicted molar refractivity (Wildman–Crippen MR) is 116 cm³/mol. The number of likely N-dealkylation sites (N-methyl/N-ethyl adjacent to an activating group) is 1. The summed E-state index contributed by atoms with van der Waals surface area (Å²) in [6.07, 6.45) is 1.67. The van der Waals surface area contributed by atoms with Crippen LogP contribution in [0.2, 0.25) is 10.0 Å². The zero-order valence-corrected chi connectivity index (χ0v) is 17.8. The lowest BCUT2D eigenvalue weighted by atomic mass is 10.2. The van der Waals surface area contributed by atoms with Gasteiger partial charge in [-0.25, -0.2) is 9.79 Å². The molecule has 29 heavy (non-hydrogen) atoms. The normalized spacial score (nSPS) is 16.7. The van der Waals surface area contributed by atoms with Crippen LogP contribution in [0.1, 0.15) is 22.8 Å². The molecule has 2 aromatic rings. The minimum absolute atomic E-state index is 0.166. The molecule has 1 aliphatic heterocycles. The number of aliphatic imine (C=N–C) groups is 1. The van der Waals surface area contributed by atoms with E-state index in [1.807, 2.05) is 6.92 Å². The Morgan fingerprint density at radius 1 is 1.28 bits per heavy atom. The van der Waals surface area contributed by atoms with Crippen LogP contribution < -0.4 is 4.74 Å². The second-order valence-electron chi connectivity index (χ2n) is 5.96. The van der Waals surface area contributed by atoms with Gasteiger partial charge in [0.2, 0.25) is 0 Å². The molecule has 1 heterocycles. The summed E-state index contributed by atoms with van der Waals surface area (Å²) in [5.41, 5.74) is 1.30. The van der Waals surface area contributed by atoms with Crippen LogP contribution >= 0.6 is 35.0 Å². The molecule has 0 spiro atoms. The quantitative estimate of drug-likeness (QED) is 0.623. The van der Waals surface area contributed by atoms with Crippen molar-refractivity contribution < 1.29 is 19.4 Å². The highest BCUT2D eigenvalue weighted by molar-refractivity contribution is 8.18. The molecule has 0 saturated carbocycles. The van der Waals surface area contributed by atoms with Crippen LogP contribution in [0, 0.1) is 0 Å². The van der Waals surface area contributed by atoms with Crippen molar-refractivity contribution in [2.45, 2.75) is 6.92 Å². The van der Waals surface area contributed by atoms with E-state index < -0.39 is 5.97 Å². The van der Waals surface area contributed by atoms with Crippen molar-refractivity contribution >= 4 is 63.8 Å². The van der Waals surface area contributed by atoms with E-state index in [1.54, 1.807) is 37.4 Å². The number of carboxylic acids is 1. The number of carbonyl (C=O) groups is 2. The van der Waals surface area contributed by atoms with Crippen molar-refractivity contribution in [3.05, 3.63) is 62.5 Å². The summed E-state index contributed by atoms with van der Waals surface area (Å²) in [5, 5.41) is 10.2. The van der Waals surface area contributed by atoms with Crippen LogP contribution in [0.3, 0.4) is 0 Å². The lowest BCUT2D eigenvalue weighted by Crippen LogP contribution is -2.23. The Bertz CT molecular complexity index is 1040. The van der Waals surface area contributed by atoms with Gasteiger partial charge in [-0.1, -0.05) is 23.2 Å². The minimum Gasteiger partial charge on any atom is -0.492 e. The first-order valence-corrected chi connectivity index (χ1v) is 10.1. The van der Waals surface area contributed by atoms with E-state index in [0.29, 0.717) is 43.7 Å². The molecule has 0 aromatic heterocycles. The molecule has 3 rings (SSSR count). The summed E-state index contributed by atoms with van der Waals surface area (Å²) in [6.45, 7) is 2.25. The molecular formula is C20H16Cl2N2O4S. The van der Waals surface area contributed by atoms with Gasteiger partial charge >= 0.3 is 5.97 Å². The maximum absolute atomic E-state index is 12.7. The second kappa shape index (κ2) is 8.90. The SMILES string of the molecule is CCOc1c(Cl)cc(Cl)cc1/C=C1\SC(=Nc2ccc(C(=O)O)cc2)N(C)C1=O. The van der Waals surface area contributed by atoms with Crippen LogP contribution in [-0.2, 0) is 4.79 Å². The first-order valence-electron chi connectivity index (χ1n) is 8.51. The third-order valence-electron chi connectivity index (χ3n) is 3.95. The Kier molecular flexibility index (Phi) is 6.52. The molecule has 0 atom stereocenters. The van der Waals surface area contributed by atoms with E-state index in [4.69, 9.17) is 33.0 Å². The zero-order chi connectivity index (χ0) is 21.1. The van der Waals surface area contributed by atoms with Crippen molar-refractivity contribution in [3.63, 3.8) is 0 Å². The number of hydrogen-bond donors (Lipinski definition) is 1. The number of halogens is 2. The van der Waals surface area contributed by atoms with E-state index in [0.717, 1.165) is 0 Å². The Labute approximate surface area is 181 Å². The molecule has 6 nitrogen and oxygen atoms in total. The number of amides is 1. The Balaban J connectivity index is 1.94. The smallest absolute Gasteiger partial charge is 0.335 e. The Morgan fingerprint density at radius 2 is 1.97 bits per heavy atom. The van der Waals surface area contributed by atoms with Crippen molar-refractivity contribution in [1.82, 2.24) is 4.90 Å². The van der Waals surface area contributed by atoms with Crippen molar-refractivity contribution in [2.75, 3.05) is 13.7 Å². The molecule has 1 saturated heterocycles. The van der Waals surface area contributed by atoms with Crippen molar-refractivity contribution in [1.29, 1.82) is 0 Å². The fraction of sp³-hybridized carbons (Fsp3) is 0.150. The van der Waals surface area contributed by atoms with Crippen molar-refractivity contribution in [2.24, 2.45) is 4.99 Å². The second-order valence-corrected chi connectivity index (χ2v) is 7.81. The number of carboxylic acid groups (broad SMARTS) is 1. The van der Waals surface area contributed by atoms with E-state index >= 15 is 0 Å². The van der Waals surface area contributed by atoms with E-state index in [-0.39, 0.29) is 11.5 Å². The molecular weight excluding hydrogens is 435 g/mol. The van der Waals surface area contributed by atoms with Crippen LogP contribution in [0.15, 0.2) is 46.3 Å². The number of carbonyl (C=O) groups excluding carboxylic acids is 1. The molecule has 0 aliphatic carbocycles. The third-order valence-corrected chi connectivity index (χ3v) is 5.51. The number of hydrogen-bond acceptors (Lipinski definition) is 5. The fourth-order valence-corrected chi connectivity index (χ4v) is 4.11. The maximum atomic E-state index is 12.7. The number of amidine groups is 1. The molecule has 1 N–H and O–H groups in total. The summed E-state index contributed by atoms with van der Waals surface area (Å²) >= 11 is 13.5. The fourth-order valence-electron chi connectivity index (χ4n) is 2.57. The van der Waals surface area contributed by atoms with Crippen LogP contribution in [0.4, 0.5) is 5.69 Å². The van der Waals surface area contributed by atoms with Gasteiger partial charge < -0.3 is 9.84 Å². The molecule has 0 unspecified atom stereocenters. The summed E-state index contributed by atoms with van der Waals surface area (Å²) < 4.78 is 5.60. The van der Waals surface area contributed by atoms with E-state index in [9.17, 15) is 9.59 Å². The third kappa shape index (κ3) is 4.75. The lowest BCUT2D eigenvalue weighted by Gasteiger charge is -2.10. The summed E-state index contributed by atoms with van der Waals surface area (Å²) in [6, 6.07) is 9.35. The number of aromatic carboxylic acids is 1. The number of nitrogens with zero attached hydrogens (tertiary/aromatic N) is 2. The largest absolute Gasteiger partial charge is 0.492 e. The first-order chi connectivity index (χ1) is 13.8. The summed E-state index contributed by atoms with van der Waals surface area (Å²) in [7, 11) is 1.62. The van der Waals surface area contributed by atoms with Gasteiger partial charge in [-0.3, -0.25) is 9.69 Å². The molecule has 9 heteroatoms. The molecule has 1 amide bonds. The zero-order valence-electron chi connectivity index (χ0n) is 15.5. The molecule has 150 valence electrons. The van der Waals surface area contributed by atoms with Crippen molar-refractivity contribution in [3.8, 4) is 5.75 Å². The highest BCUT2D eigenvalue weighted by Gasteiger charge is 2.30. The van der Waals surface area contributed by atoms with Gasteiger partial charge in [0, 0.05) is 17.6 Å². The average Bonchev–Trinajstić information content (AvgIpc) is 2.93. The number of rotatable bonds is 5. The summed E-state index contributed by atoms with van der Waals surface area (Å²) in [4.78, 5) is 29.9. The predicted octanol–water partition coefficient (Wildman–Crippen LogP) is 5.32. The minimum atomic E-state index is -1.01. The highest BCUT2D eigenvalue weighted by atomic mass is 35.5. The molecule has 1 fully saturated rings. The molecule has 0 radical (unpaired) electrons. The van der Waals surface area contributed by atoms with E-state index in [2.05, 4.69) is 4.99 Å². The van der Waals surface area contributed by atoms with Crippen LogP contribution in [0.25, 0.3) is 6.08 Å². The topological polar surface area (TPSA) is 79.2 Å². The Hall–Kier alpha value is -2.48.